The van der Waals surface area contributed by atoms with E-state index in [0.717, 1.165) is 18.5 Å². The van der Waals surface area contributed by atoms with Gasteiger partial charge in [-0.3, -0.25) is 4.79 Å². The van der Waals surface area contributed by atoms with Gasteiger partial charge >= 0.3 is 0 Å². The monoisotopic (exact) mass is 494 g/mol. The molecule has 2 atom stereocenters. The molecule has 0 saturated carbocycles. The number of carbonyl (C=O) groups is 1. The van der Waals surface area contributed by atoms with E-state index in [1.807, 2.05) is 37.3 Å². The number of sulfonamides is 1. The first-order valence-electron chi connectivity index (χ1n) is 11.6. The molecular weight excluding hydrogens is 464 g/mol. The Balaban J connectivity index is 1.55. The summed E-state index contributed by atoms with van der Waals surface area (Å²) in [6.07, 6.45) is 2.22. The highest BCUT2D eigenvalue weighted by atomic mass is 32.2. The topological polar surface area (TPSA) is 101 Å². The number of anilines is 1. The first-order chi connectivity index (χ1) is 16.6. The first kappa shape index (κ1) is 24.7. The SMILES string of the molecule is C[C@@H]1CN(c2ncccc2C(=O)NS(=O)(=O)c2cccc(O[C@@H](C)c3ccccc3)n2)C(C)(C)C1. The minimum Gasteiger partial charge on any atom is -0.470 e. The average Bonchev–Trinajstić information content (AvgIpc) is 3.11. The van der Waals surface area contributed by atoms with E-state index in [1.54, 1.807) is 24.4 Å². The largest absolute Gasteiger partial charge is 0.470 e. The van der Waals surface area contributed by atoms with Crippen LogP contribution in [0.5, 0.6) is 5.88 Å². The van der Waals surface area contributed by atoms with Gasteiger partial charge in [0.1, 0.15) is 11.9 Å². The van der Waals surface area contributed by atoms with E-state index in [2.05, 4.69) is 40.4 Å². The van der Waals surface area contributed by atoms with Gasteiger partial charge in [-0.25, -0.2) is 9.71 Å². The molecule has 4 rings (SSSR count). The Morgan fingerprint density at radius 3 is 2.54 bits per heavy atom. The van der Waals surface area contributed by atoms with Gasteiger partial charge in [0.15, 0.2) is 5.03 Å². The van der Waals surface area contributed by atoms with Crippen LogP contribution in [-0.4, -0.2) is 36.4 Å². The van der Waals surface area contributed by atoms with E-state index in [-0.39, 0.29) is 28.1 Å². The minimum absolute atomic E-state index is 0.145. The molecule has 1 amide bonds. The smallest absolute Gasteiger partial charge is 0.281 e. The molecule has 3 heterocycles. The number of amides is 1. The maximum Gasteiger partial charge on any atom is 0.281 e. The number of aromatic nitrogens is 2. The second-order valence-corrected chi connectivity index (χ2v) is 11.2. The van der Waals surface area contributed by atoms with E-state index in [0.29, 0.717) is 11.7 Å². The Labute approximate surface area is 206 Å². The summed E-state index contributed by atoms with van der Waals surface area (Å²) in [5.74, 6) is 0.286. The molecule has 0 bridgehead atoms. The normalized spacial score (nSPS) is 18.2. The lowest BCUT2D eigenvalue weighted by atomic mass is 9.97. The van der Waals surface area contributed by atoms with E-state index >= 15 is 0 Å². The Morgan fingerprint density at radius 1 is 1.11 bits per heavy atom. The Bertz CT molecular complexity index is 1310. The molecule has 8 nitrogen and oxygen atoms in total. The van der Waals surface area contributed by atoms with E-state index < -0.39 is 15.9 Å². The summed E-state index contributed by atoms with van der Waals surface area (Å²) in [4.78, 5) is 23.8. The Kier molecular flexibility index (Phi) is 6.80. The Morgan fingerprint density at radius 2 is 1.86 bits per heavy atom. The van der Waals surface area contributed by atoms with Gasteiger partial charge in [-0.05, 0) is 56.9 Å². The van der Waals surface area contributed by atoms with Gasteiger partial charge in [-0.1, -0.05) is 43.3 Å². The molecule has 1 aliphatic rings. The third-order valence-corrected chi connectivity index (χ3v) is 7.36. The maximum atomic E-state index is 13.1. The number of nitrogens with one attached hydrogen (secondary N) is 1. The van der Waals surface area contributed by atoms with Crippen LogP contribution in [0, 0.1) is 5.92 Å². The predicted molar refractivity (Wildman–Crippen MR) is 134 cm³/mol. The molecule has 0 spiro atoms. The van der Waals surface area contributed by atoms with Crippen LogP contribution in [0.25, 0.3) is 0 Å². The summed E-state index contributed by atoms with van der Waals surface area (Å²) in [5.41, 5.74) is 0.923. The van der Waals surface area contributed by atoms with Crippen molar-refractivity contribution in [2.75, 3.05) is 11.4 Å². The lowest BCUT2D eigenvalue weighted by Crippen LogP contribution is -2.41. The number of carbonyl (C=O) groups excluding carboxylic acids is 1. The molecule has 1 N–H and O–H groups in total. The summed E-state index contributed by atoms with van der Waals surface area (Å²) < 4.78 is 34.1. The van der Waals surface area contributed by atoms with E-state index in [9.17, 15) is 13.2 Å². The van der Waals surface area contributed by atoms with E-state index in [4.69, 9.17) is 4.74 Å². The second kappa shape index (κ2) is 9.65. The van der Waals surface area contributed by atoms with Crippen LogP contribution in [0.1, 0.15) is 56.1 Å². The summed E-state index contributed by atoms with van der Waals surface area (Å²) >= 11 is 0. The van der Waals surface area contributed by atoms with Crippen molar-refractivity contribution >= 4 is 21.7 Å². The molecule has 3 aromatic rings. The standard InChI is InChI=1S/C26H30N4O4S/c1-18-16-26(3,4)30(17-18)24-21(12-9-15-27-24)25(31)29-35(32,33)23-14-8-13-22(28-23)34-19(2)20-10-6-5-7-11-20/h5-15,18-19H,16-17H2,1-4H3,(H,29,31)/t18-,19-/m0/s1. The van der Waals surface area contributed by atoms with Crippen molar-refractivity contribution in [3.05, 3.63) is 78.0 Å². The summed E-state index contributed by atoms with van der Waals surface area (Å²) in [6.45, 7) is 8.92. The third-order valence-electron chi connectivity index (χ3n) is 6.13. The van der Waals surface area contributed by atoms with Crippen molar-refractivity contribution in [2.45, 2.75) is 50.8 Å². The van der Waals surface area contributed by atoms with Crippen LogP contribution in [0.15, 0.2) is 71.9 Å². The molecule has 35 heavy (non-hydrogen) atoms. The molecule has 2 aromatic heterocycles. The van der Waals surface area contributed by atoms with Crippen molar-refractivity contribution in [1.29, 1.82) is 0 Å². The molecule has 0 radical (unpaired) electrons. The van der Waals surface area contributed by atoms with Crippen LogP contribution < -0.4 is 14.4 Å². The van der Waals surface area contributed by atoms with E-state index in [1.165, 1.54) is 12.1 Å². The highest BCUT2D eigenvalue weighted by Crippen LogP contribution is 2.37. The molecule has 1 saturated heterocycles. The Hall–Kier alpha value is -3.46. The number of pyridine rings is 2. The fraction of sp³-hybridized carbons (Fsp3) is 0.346. The van der Waals surface area contributed by atoms with Gasteiger partial charge in [-0.15, -0.1) is 0 Å². The zero-order valence-corrected chi connectivity index (χ0v) is 21.1. The van der Waals surface area contributed by atoms with Crippen LogP contribution in [0.2, 0.25) is 0 Å². The summed E-state index contributed by atoms with van der Waals surface area (Å²) in [7, 11) is -4.25. The van der Waals surface area contributed by atoms with Crippen molar-refractivity contribution in [3.8, 4) is 5.88 Å². The van der Waals surface area contributed by atoms with Gasteiger partial charge in [-0.2, -0.15) is 13.4 Å². The first-order valence-corrected chi connectivity index (χ1v) is 13.0. The average molecular weight is 495 g/mol. The fourth-order valence-corrected chi connectivity index (χ4v) is 5.49. The molecule has 184 valence electrons. The fourth-order valence-electron chi connectivity index (χ4n) is 4.56. The van der Waals surface area contributed by atoms with Gasteiger partial charge in [0.2, 0.25) is 5.88 Å². The molecule has 1 fully saturated rings. The number of nitrogens with zero attached hydrogens (tertiary/aromatic N) is 3. The number of hydrogen-bond donors (Lipinski definition) is 1. The summed E-state index contributed by atoms with van der Waals surface area (Å²) in [6, 6.07) is 17.2. The number of benzene rings is 1. The maximum absolute atomic E-state index is 13.1. The zero-order valence-electron chi connectivity index (χ0n) is 20.3. The highest BCUT2D eigenvalue weighted by Gasteiger charge is 2.39. The van der Waals surface area contributed by atoms with Crippen LogP contribution in [-0.2, 0) is 10.0 Å². The zero-order chi connectivity index (χ0) is 25.2. The lowest BCUT2D eigenvalue weighted by Gasteiger charge is -2.33. The highest BCUT2D eigenvalue weighted by molar-refractivity contribution is 7.90. The van der Waals surface area contributed by atoms with Gasteiger partial charge in [0.25, 0.3) is 15.9 Å². The van der Waals surface area contributed by atoms with Crippen molar-refractivity contribution < 1.29 is 17.9 Å². The third kappa shape index (κ3) is 5.45. The lowest BCUT2D eigenvalue weighted by molar-refractivity contribution is 0.0981. The minimum atomic E-state index is -4.25. The van der Waals surface area contributed by atoms with Crippen molar-refractivity contribution in [2.24, 2.45) is 5.92 Å². The quantitative estimate of drug-likeness (QED) is 0.521. The molecule has 0 unspecified atom stereocenters. The number of hydrogen-bond acceptors (Lipinski definition) is 7. The molecule has 0 aliphatic carbocycles. The molecular formula is C26H30N4O4S. The van der Waals surface area contributed by atoms with Gasteiger partial charge < -0.3 is 9.64 Å². The number of rotatable bonds is 7. The van der Waals surface area contributed by atoms with Crippen LogP contribution in [0.3, 0.4) is 0 Å². The van der Waals surface area contributed by atoms with Gasteiger partial charge in [0, 0.05) is 24.3 Å². The van der Waals surface area contributed by atoms with Gasteiger partial charge in [0.05, 0.1) is 5.56 Å². The van der Waals surface area contributed by atoms with Crippen molar-refractivity contribution in [1.82, 2.24) is 14.7 Å². The summed E-state index contributed by atoms with van der Waals surface area (Å²) in [5, 5.41) is -0.302. The second-order valence-electron chi connectivity index (χ2n) is 9.53. The van der Waals surface area contributed by atoms with Crippen molar-refractivity contribution in [3.63, 3.8) is 0 Å². The number of ether oxygens (including phenoxy) is 1. The predicted octanol–water partition coefficient (Wildman–Crippen LogP) is 4.36. The molecule has 9 heteroatoms. The van der Waals surface area contributed by atoms with Crippen LogP contribution >= 0.6 is 0 Å². The molecule has 1 aliphatic heterocycles. The molecule has 1 aromatic carbocycles. The van der Waals surface area contributed by atoms with Crippen LogP contribution in [0.4, 0.5) is 5.82 Å².